The van der Waals surface area contributed by atoms with E-state index in [1.54, 1.807) is 7.11 Å². The molecule has 0 radical (unpaired) electrons. The van der Waals surface area contributed by atoms with Gasteiger partial charge in [0, 0.05) is 18.5 Å². The molecule has 0 aliphatic carbocycles. The van der Waals surface area contributed by atoms with Gasteiger partial charge in [-0.25, -0.2) is 4.98 Å². The molecule has 0 spiro atoms. The number of methoxy groups -OCH3 is 1. The molecule has 1 aromatic heterocycles. The maximum Gasteiger partial charge on any atom is 0.199 e. The number of ether oxygens (including phenoxy) is 1. The second kappa shape index (κ2) is 3.90. The van der Waals surface area contributed by atoms with Crippen LogP contribution in [0.15, 0.2) is 22.6 Å². The quantitative estimate of drug-likeness (QED) is 0.833. The lowest BCUT2D eigenvalue weighted by atomic mass is 10.2. The fraction of sp³-hybridized carbons (Fsp3) is 0.364. The molecule has 4 heteroatoms. The van der Waals surface area contributed by atoms with Crippen molar-refractivity contribution in [2.24, 2.45) is 5.73 Å². The molecule has 1 aromatic carbocycles. The van der Waals surface area contributed by atoms with Gasteiger partial charge in [0.1, 0.15) is 11.3 Å². The van der Waals surface area contributed by atoms with Gasteiger partial charge in [0.2, 0.25) is 0 Å². The van der Waals surface area contributed by atoms with E-state index in [0.717, 1.165) is 16.8 Å². The fourth-order valence-electron chi connectivity index (χ4n) is 1.36. The monoisotopic (exact) mass is 206 g/mol. The zero-order valence-corrected chi connectivity index (χ0v) is 8.86. The van der Waals surface area contributed by atoms with Gasteiger partial charge in [-0.1, -0.05) is 6.92 Å². The maximum absolute atomic E-state index is 5.59. The molecule has 15 heavy (non-hydrogen) atoms. The van der Waals surface area contributed by atoms with Crippen molar-refractivity contribution in [2.75, 3.05) is 13.7 Å². The summed E-state index contributed by atoms with van der Waals surface area (Å²) in [6.45, 7) is 2.52. The van der Waals surface area contributed by atoms with E-state index >= 15 is 0 Å². The van der Waals surface area contributed by atoms with Crippen molar-refractivity contribution in [3.8, 4) is 5.75 Å². The van der Waals surface area contributed by atoms with Crippen LogP contribution in [-0.4, -0.2) is 18.6 Å². The molecule has 0 bridgehead atoms. The number of hydrogen-bond donors (Lipinski definition) is 1. The van der Waals surface area contributed by atoms with Gasteiger partial charge in [-0.3, -0.25) is 0 Å². The molecule has 0 saturated heterocycles. The largest absolute Gasteiger partial charge is 0.497 e. The SMILES string of the molecule is COc1ccc2nc(C(C)CN)oc2c1. The summed E-state index contributed by atoms with van der Waals surface area (Å²) in [5, 5.41) is 0. The lowest BCUT2D eigenvalue weighted by Gasteiger charge is -2.00. The summed E-state index contributed by atoms with van der Waals surface area (Å²) in [6.07, 6.45) is 0. The molecular weight excluding hydrogens is 192 g/mol. The summed E-state index contributed by atoms with van der Waals surface area (Å²) < 4.78 is 10.7. The predicted octanol–water partition coefficient (Wildman–Crippen LogP) is 1.90. The van der Waals surface area contributed by atoms with E-state index in [4.69, 9.17) is 14.9 Å². The fourth-order valence-corrected chi connectivity index (χ4v) is 1.36. The molecule has 80 valence electrons. The smallest absolute Gasteiger partial charge is 0.199 e. The minimum atomic E-state index is 0.142. The molecule has 1 unspecified atom stereocenters. The highest BCUT2D eigenvalue weighted by Gasteiger charge is 2.12. The zero-order chi connectivity index (χ0) is 10.8. The maximum atomic E-state index is 5.59. The average molecular weight is 206 g/mol. The highest BCUT2D eigenvalue weighted by Crippen LogP contribution is 2.24. The van der Waals surface area contributed by atoms with Crippen molar-refractivity contribution >= 4 is 11.1 Å². The van der Waals surface area contributed by atoms with Crippen LogP contribution in [0.25, 0.3) is 11.1 Å². The third kappa shape index (κ3) is 1.80. The first-order valence-corrected chi connectivity index (χ1v) is 4.89. The van der Waals surface area contributed by atoms with Crippen molar-refractivity contribution in [3.63, 3.8) is 0 Å². The summed E-state index contributed by atoms with van der Waals surface area (Å²) >= 11 is 0. The second-order valence-corrected chi connectivity index (χ2v) is 3.52. The number of benzene rings is 1. The Hall–Kier alpha value is -1.55. The molecule has 4 nitrogen and oxygen atoms in total. The average Bonchev–Trinajstić information content (AvgIpc) is 2.70. The van der Waals surface area contributed by atoms with Crippen LogP contribution in [0, 0.1) is 0 Å². The van der Waals surface area contributed by atoms with E-state index in [0.29, 0.717) is 12.4 Å². The number of rotatable bonds is 3. The normalized spacial score (nSPS) is 13.0. The van der Waals surface area contributed by atoms with Crippen LogP contribution < -0.4 is 10.5 Å². The molecule has 0 aliphatic rings. The van der Waals surface area contributed by atoms with Gasteiger partial charge >= 0.3 is 0 Å². The molecule has 2 aromatic rings. The second-order valence-electron chi connectivity index (χ2n) is 3.52. The Morgan fingerprint density at radius 1 is 1.53 bits per heavy atom. The minimum absolute atomic E-state index is 0.142. The number of hydrogen-bond acceptors (Lipinski definition) is 4. The van der Waals surface area contributed by atoms with Gasteiger partial charge in [-0.2, -0.15) is 0 Å². The number of fused-ring (bicyclic) bond motifs is 1. The van der Waals surface area contributed by atoms with E-state index < -0.39 is 0 Å². The Bertz CT molecular complexity index is 465. The van der Waals surface area contributed by atoms with Gasteiger partial charge in [0.05, 0.1) is 7.11 Å². The summed E-state index contributed by atoms with van der Waals surface area (Å²) in [5.41, 5.74) is 7.14. The van der Waals surface area contributed by atoms with Crippen molar-refractivity contribution in [1.82, 2.24) is 4.98 Å². The summed E-state index contributed by atoms with van der Waals surface area (Å²) in [4.78, 5) is 4.36. The molecular formula is C11H14N2O2. The van der Waals surface area contributed by atoms with Crippen molar-refractivity contribution < 1.29 is 9.15 Å². The Balaban J connectivity index is 2.46. The highest BCUT2D eigenvalue weighted by molar-refractivity contribution is 5.74. The van der Waals surface area contributed by atoms with Crippen LogP contribution in [0.5, 0.6) is 5.75 Å². The lowest BCUT2D eigenvalue weighted by molar-refractivity contribution is 0.414. The molecule has 0 fully saturated rings. The Labute approximate surface area is 88.0 Å². The van der Waals surface area contributed by atoms with Crippen LogP contribution in [-0.2, 0) is 0 Å². The highest BCUT2D eigenvalue weighted by atomic mass is 16.5. The van der Waals surface area contributed by atoms with Crippen LogP contribution in [0.2, 0.25) is 0 Å². The van der Waals surface area contributed by atoms with Gasteiger partial charge in [-0.15, -0.1) is 0 Å². The van der Waals surface area contributed by atoms with Crippen LogP contribution in [0.3, 0.4) is 0 Å². The molecule has 0 saturated carbocycles. The molecule has 1 heterocycles. The Morgan fingerprint density at radius 3 is 3.00 bits per heavy atom. The van der Waals surface area contributed by atoms with Crippen molar-refractivity contribution in [3.05, 3.63) is 24.1 Å². The minimum Gasteiger partial charge on any atom is -0.497 e. The summed E-state index contributed by atoms with van der Waals surface area (Å²) in [6, 6.07) is 5.57. The Kier molecular flexibility index (Phi) is 2.60. The van der Waals surface area contributed by atoms with Crippen LogP contribution in [0.1, 0.15) is 18.7 Å². The number of nitrogens with two attached hydrogens (primary N) is 1. The summed E-state index contributed by atoms with van der Waals surface area (Å²) in [7, 11) is 1.63. The zero-order valence-electron chi connectivity index (χ0n) is 8.86. The topological polar surface area (TPSA) is 61.3 Å². The van der Waals surface area contributed by atoms with Gasteiger partial charge in [-0.05, 0) is 12.1 Å². The first-order chi connectivity index (χ1) is 7.24. The van der Waals surface area contributed by atoms with E-state index in [-0.39, 0.29) is 5.92 Å². The molecule has 2 N–H and O–H groups in total. The van der Waals surface area contributed by atoms with E-state index in [1.807, 2.05) is 25.1 Å². The summed E-state index contributed by atoms with van der Waals surface area (Å²) in [5.74, 6) is 1.59. The third-order valence-corrected chi connectivity index (χ3v) is 2.39. The van der Waals surface area contributed by atoms with Crippen molar-refractivity contribution in [1.29, 1.82) is 0 Å². The number of aromatic nitrogens is 1. The first kappa shape index (κ1) is 9.98. The molecule has 2 rings (SSSR count). The lowest BCUT2D eigenvalue weighted by Crippen LogP contribution is -2.08. The Morgan fingerprint density at radius 2 is 2.33 bits per heavy atom. The third-order valence-electron chi connectivity index (χ3n) is 2.39. The standard InChI is InChI=1S/C11H14N2O2/c1-7(6-12)11-13-9-4-3-8(14-2)5-10(9)15-11/h3-5,7H,6,12H2,1-2H3. The van der Waals surface area contributed by atoms with E-state index in [9.17, 15) is 0 Å². The van der Waals surface area contributed by atoms with Crippen LogP contribution >= 0.6 is 0 Å². The van der Waals surface area contributed by atoms with Crippen LogP contribution in [0.4, 0.5) is 0 Å². The molecule has 1 atom stereocenters. The van der Waals surface area contributed by atoms with Crippen molar-refractivity contribution in [2.45, 2.75) is 12.8 Å². The van der Waals surface area contributed by atoms with Gasteiger partial charge in [0.15, 0.2) is 11.5 Å². The van der Waals surface area contributed by atoms with E-state index in [2.05, 4.69) is 4.98 Å². The molecule has 0 amide bonds. The molecule has 0 aliphatic heterocycles. The van der Waals surface area contributed by atoms with E-state index in [1.165, 1.54) is 0 Å². The van der Waals surface area contributed by atoms with Gasteiger partial charge < -0.3 is 14.9 Å². The van der Waals surface area contributed by atoms with Gasteiger partial charge in [0.25, 0.3) is 0 Å². The number of nitrogens with zero attached hydrogens (tertiary/aromatic N) is 1. The first-order valence-electron chi connectivity index (χ1n) is 4.89. The number of oxazole rings is 1. The predicted molar refractivity (Wildman–Crippen MR) is 58.0 cm³/mol.